The first kappa shape index (κ1) is 15.1. The molecule has 0 fully saturated rings. The molecule has 1 amide bonds. The van der Waals surface area contributed by atoms with E-state index in [0.717, 1.165) is 36.3 Å². The van der Waals surface area contributed by atoms with Crippen molar-refractivity contribution in [1.82, 2.24) is 15.3 Å². The van der Waals surface area contributed by atoms with E-state index >= 15 is 0 Å². The van der Waals surface area contributed by atoms with E-state index in [1.807, 2.05) is 25.1 Å². The minimum Gasteiger partial charge on any atom is -0.385 e. The Balaban J connectivity index is 1.88. The van der Waals surface area contributed by atoms with Gasteiger partial charge in [0, 0.05) is 42.7 Å². The molecule has 1 aromatic carbocycles. The fraction of sp³-hybridized carbons (Fsp3) is 0.375. The molecule has 21 heavy (non-hydrogen) atoms. The third kappa shape index (κ3) is 4.34. The molecule has 0 saturated heterocycles. The van der Waals surface area contributed by atoms with E-state index in [9.17, 15) is 4.79 Å². The van der Waals surface area contributed by atoms with Crippen molar-refractivity contribution in [2.24, 2.45) is 0 Å². The van der Waals surface area contributed by atoms with E-state index in [1.54, 1.807) is 12.5 Å². The van der Waals surface area contributed by atoms with Gasteiger partial charge in [0.1, 0.15) is 0 Å². The lowest BCUT2D eigenvalue weighted by Crippen LogP contribution is -2.25. The second-order valence-corrected chi connectivity index (χ2v) is 5.04. The summed E-state index contributed by atoms with van der Waals surface area (Å²) in [5.74, 6) is -0.0420. The number of amides is 1. The van der Waals surface area contributed by atoms with E-state index in [1.165, 1.54) is 0 Å². The van der Waals surface area contributed by atoms with Gasteiger partial charge in [0.15, 0.2) is 0 Å². The fourth-order valence-electron chi connectivity index (χ4n) is 2.10. The molecule has 2 rings (SSSR count). The van der Waals surface area contributed by atoms with E-state index < -0.39 is 0 Å². The number of hydrogen-bond donors (Lipinski definition) is 3. The minimum atomic E-state index is -0.0420. The Morgan fingerprint density at radius 1 is 1.33 bits per heavy atom. The van der Waals surface area contributed by atoms with Gasteiger partial charge in [-0.1, -0.05) is 6.92 Å². The zero-order chi connectivity index (χ0) is 15.1. The van der Waals surface area contributed by atoms with Crippen LogP contribution in [0.5, 0.6) is 0 Å². The van der Waals surface area contributed by atoms with Crippen molar-refractivity contribution in [3.05, 3.63) is 47.5 Å². The Labute approximate surface area is 125 Å². The number of rotatable bonds is 7. The van der Waals surface area contributed by atoms with E-state index in [2.05, 4.69) is 27.5 Å². The molecule has 0 saturated carbocycles. The zero-order valence-electron chi connectivity index (χ0n) is 12.6. The number of benzene rings is 1. The van der Waals surface area contributed by atoms with Crippen LogP contribution in [0.4, 0.5) is 5.69 Å². The maximum Gasteiger partial charge on any atom is 0.251 e. The number of imidazole rings is 1. The van der Waals surface area contributed by atoms with Crippen molar-refractivity contribution in [3.63, 3.8) is 0 Å². The summed E-state index contributed by atoms with van der Waals surface area (Å²) in [6, 6.07) is 5.74. The molecule has 5 nitrogen and oxygen atoms in total. The highest BCUT2D eigenvalue weighted by atomic mass is 16.1. The summed E-state index contributed by atoms with van der Waals surface area (Å²) in [4.78, 5) is 19.1. The third-order valence-corrected chi connectivity index (χ3v) is 3.29. The first-order chi connectivity index (χ1) is 10.2. The van der Waals surface area contributed by atoms with Gasteiger partial charge in [-0.25, -0.2) is 4.98 Å². The lowest BCUT2D eigenvalue weighted by atomic mass is 10.1. The molecule has 5 heteroatoms. The van der Waals surface area contributed by atoms with Crippen LogP contribution in [0.25, 0.3) is 0 Å². The number of aromatic nitrogens is 2. The van der Waals surface area contributed by atoms with Crippen LogP contribution in [-0.4, -0.2) is 29.0 Å². The van der Waals surface area contributed by atoms with Crippen LogP contribution in [0, 0.1) is 6.92 Å². The number of hydrogen-bond acceptors (Lipinski definition) is 3. The van der Waals surface area contributed by atoms with Crippen molar-refractivity contribution in [3.8, 4) is 0 Å². The van der Waals surface area contributed by atoms with Gasteiger partial charge in [0.25, 0.3) is 5.91 Å². The van der Waals surface area contributed by atoms with Gasteiger partial charge < -0.3 is 15.6 Å². The quantitative estimate of drug-likeness (QED) is 0.732. The van der Waals surface area contributed by atoms with Crippen LogP contribution in [0.1, 0.15) is 35.0 Å². The Kier molecular flexibility index (Phi) is 5.37. The molecule has 0 unspecified atom stereocenters. The van der Waals surface area contributed by atoms with Crippen LogP contribution in [0.2, 0.25) is 0 Å². The Hall–Kier alpha value is -2.30. The Bertz CT molecular complexity index is 578. The summed E-state index contributed by atoms with van der Waals surface area (Å²) in [5.41, 5.74) is 3.89. The number of nitrogens with one attached hydrogen (secondary N) is 3. The van der Waals surface area contributed by atoms with Crippen LogP contribution in [0.15, 0.2) is 30.7 Å². The maximum absolute atomic E-state index is 12.1. The molecule has 0 aliphatic rings. The first-order valence-corrected chi connectivity index (χ1v) is 7.30. The van der Waals surface area contributed by atoms with Crippen molar-refractivity contribution >= 4 is 11.6 Å². The van der Waals surface area contributed by atoms with E-state index in [4.69, 9.17) is 0 Å². The second-order valence-electron chi connectivity index (χ2n) is 5.04. The number of carbonyl (C=O) groups is 1. The Morgan fingerprint density at radius 2 is 2.19 bits per heavy atom. The predicted molar refractivity (Wildman–Crippen MR) is 84.6 cm³/mol. The molecule has 0 aliphatic heterocycles. The summed E-state index contributed by atoms with van der Waals surface area (Å²) in [6.07, 6.45) is 5.24. The predicted octanol–water partition coefficient (Wildman–Crippen LogP) is 2.51. The number of aryl methyl sites for hydroxylation is 1. The molecular formula is C16H22N4O. The highest BCUT2D eigenvalue weighted by Crippen LogP contribution is 2.16. The van der Waals surface area contributed by atoms with Crippen molar-refractivity contribution < 1.29 is 4.79 Å². The minimum absolute atomic E-state index is 0.0420. The average molecular weight is 286 g/mol. The third-order valence-electron chi connectivity index (χ3n) is 3.29. The normalized spacial score (nSPS) is 10.4. The van der Waals surface area contributed by atoms with Gasteiger partial charge >= 0.3 is 0 Å². The summed E-state index contributed by atoms with van der Waals surface area (Å²) in [5, 5.41) is 6.27. The smallest absolute Gasteiger partial charge is 0.251 e. The molecule has 0 radical (unpaired) electrons. The van der Waals surface area contributed by atoms with Gasteiger partial charge in [-0.15, -0.1) is 0 Å². The van der Waals surface area contributed by atoms with E-state index in [0.29, 0.717) is 12.1 Å². The lowest BCUT2D eigenvalue weighted by Gasteiger charge is -2.10. The number of anilines is 1. The number of nitrogens with zero attached hydrogens (tertiary/aromatic N) is 1. The van der Waals surface area contributed by atoms with Gasteiger partial charge in [-0.2, -0.15) is 0 Å². The summed E-state index contributed by atoms with van der Waals surface area (Å²) in [7, 11) is 0. The lowest BCUT2D eigenvalue weighted by molar-refractivity contribution is 0.0954. The number of H-pyrrole nitrogens is 1. The van der Waals surface area contributed by atoms with Gasteiger partial charge in [0.05, 0.1) is 6.33 Å². The maximum atomic E-state index is 12.1. The monoisotopic (exact) mass is 286 g/mol. The zero-order valence-corrected chi connectivity index (χ0v) is 12.6. The molecule has 0 aliphatic carbocycles. The molecule has 3 N–H and O–H groups in total. The fourth-order valence-corrected chi connectivity index (χ4v) is 2.10. The average Bonchev–Trinajstić information content (AvgIpc) is 2.99. The van der Waals surface area contributed by atoms with Crippen LogP contribution < -0.4 is 10.6 Å². The summed E-state index contributed by atoms with van der Waals surface area (Å²) >= 11 is 0. The first-order valence-electron chi connectivity index (χ1n) is 7.30. The van der Waals surface area contributed by atoms with Crippen molar-refractivity contribution in [2.75, 3.05) is 18.4 Å². The molecule has 1 heterocycles. The SMILES string of the molecule is CCCNc1ccc(C(=O)NCCc2cnc[nH]2)cc1C. The molecule has 0 atom stereocenters. The van der Waals surface area contributed by atoms with Gasteiger partial charge in [-0.05, 0) is 37.1 Å². The molecule has 112 valence electrons. The van der Waals surface area contributed by atoms with Crippen molar-refractivity contribution in [2.45, 2.75) is 26.7 Å². The van der Waals surface area contributed by atoms with Crippen LogP contribution >= 0.6 is 0 Å². The molecule has 1 aromatic heterocycles. The van der Waals surface area contributed by atoms with Crippen LogP contribution in [0.3, 0.4) is 0 Å². The largest absolute Gasteiger partial charge is 0.385 e. The highest BCUT2D eigenvalue weighted by Gasteiger charge is 2.07. The summed E-state index contributed by atoms with van der Waals surface area (Å²) in [6.45, 7) is 5.68. The van der Waals surface area contributed by atoms with E-state index in [-0.39, 0.29) is 5.91 Å². The molecule has 0 spiro atoms. The van der Waals surface area contributed by atoms with Gasteiger partial charge in [-0.3, -0.25) is 4.79 Å². The molecule has 0 bridgehead atoms. The topological polar surface area (TPSA) is 69.8 Å². The summed E-state index contributed by atoms with van der Waals surface area (Å²) < 4.78 is 0. The highest BCUT2D eigenvalue weighted by molar-refractivity contribution is 5.94. The number of aromatic amines is 1. The van der Waals surface area contributed by atoms with Crippen LogP contribution in [-0.2, 0) is 6.42 Å². The second kappa shape index (κ2) is 7.47. The number of carbonyl (C=O) groups excluding carboxylic acids is 1. The molecular weight excluding hydrogens is 264 g/mol. The van der Waals surface area contributed by atoms with Crippen molar-refractivity contribution in [1.29, 1.82) is 0 Å². The molecule has 2 aromatic rings. The Morgan fingerprint density at radius 3 is 2.86 bits per heavy atom. The standard InChI is InChI=1S/C16H22N4O/c1-3-7-18-15-5-4-13(9-12(15)2)16(21)19-8-6-14-10-17-11-20-14/h4-5,9-11,18H,3,6-8H2,1-2H3,(H,17,20)(H,19,21). The van der Waals surface area contributed by atoms with Gasteiger partial charge in [0.2, 0.25) is 0 Å².